The minimum atomic E-state index is -1.02. The monoisotopic (exact) mass is 241 g/mol. The topological polar surface area (TPSA) is 71.0 Å². The molecule has 0 saturated carbocycles. The maximum Gasteiger partial charge on any atom is 0.125 e. The highest BCUT2D eigenvalue weighted by Crippen LogP contribution is 2.30. The molecule has 1 rings (SSSR count). The second-order valence-corrected chi connectivity index (χ2v) is 3.68. The predicted octanol–water partition coefficient (Wildman–Crippen LogP) is 0.317. The number of benzene rings is 1. The number of ether oxygens (including phenoxy) is 2. The zero-order chi connectivity index (χ0) is 12.8. The van der Waals surface area contributed by atoms with Gasteiger partial charge in [0, 0.05) is 12.1 Å². The minimum absolute atomic E-state index is 0.293. The van der Waals surface area contributed by atoms with Crippen molar-refractivity contribution in [2.75, 3.05) is 27.8 Å². The summed E-state index contributed by atoms with van der Waals surface area (Å²) in [7, 11) is 4.77. The number of rotatable bonds is 6. The van der Waals surface area contributed by atoms with Gasteiger partial charge >= 0.3 is 0 Å². The van der Waals surface area contributed by atoms with Crippen molar-refractivity contribution in [2.45, 2.75) is 12.2 Å². The molecule has 0 saturated heterocycles. The maximum absolute atomic E-state index is 10.0. The van der Waals surface area contributed by atoms with Gasteiger partial charge in [0.1, 0.15) is 17.6 Å². The summed E-state index contributed by atoms with van der Waals surface area (Å²) < 4.78 is 10.2. The van der Waals surface area contributed by atoms with Crippen molar-refractivity contribution in [3.05, 3.63) is 23.8 Å². The third kappa shape index (κ3) is 3.33. The summed E-state index contributed by atoms with van der Waals surface area (Å²) >= 11 is 0. The summed E-state index contributed by atoms with van der Waals surface area (Å²) in [6, 6.07) is 5.09. The van der Waals surface area contributed by atoms with E-state index >= 15 is 0 Å². The lowest BCUT2D eigenvalue weighted by molar-refractivity contribution is 0.0187. The van der Waals surface area contributed by atoms with Crippen molar-refractivity contribution in [2.24, 2.45) is 0 Å². The lowest BCUT2D eigenvalue weighted by Gasteiger charge is -2.20. The van der Waals surface area contributed by atoms with Gasteiger partial charge in [-0.2, -0.15) is 0 Å². The van der Waals surface area contributed by atoms with E-state index in [1.807, 2.05) is 0 Å². The first kappa shape index (κ1) is 13.8. The normalized spacial score (nSPS) is 14.2. The fraction of sp³-hybridized carbons (Fsp3) is 0.500. The molecule has 2 unspecified atom stereocenters. The second kappa shape index (κ2) is 6.44. The Labute approximate surface area is 101 Å². The number of aliphatic hydroxyl groups is 2. The molecule has 5 heteroatoms. The van der Waals surface area contributed by atoms with Crippen LogP contribution < -0.4 is 14.8 Å². The van der Waals surface area contributed by atoms with Gasteiger partial charge in [0.2, 0.25) is 0 Å². The highest BCUT2D eigenvalue weighted by atomic mass is 16.5. The summed E-state index contributed by atoms with van der Waals surface area (Å²) in [6.45, 7) is 0.293. The lowest BCUT2D eigenvalue weighted by Crippen LogP contribution is -2.29. The van der Waals surface area contributed by atoms with Crippen LogP contribution in [-0.2, 0) is 0 Å². The van der Waals surface area contributed by atoms with Gasteiger partial charge < -0.3 is 25.0 Å². The van der Waals surface area contributed by atoms with Gasteiger partial charge in [0.15, 0.2) is 0 Å². The van der Waals surface area contributed by atoms with Crippen molar-refractivity contribution >= 4 is 0 Å². The molecule has 0 aliphatic rings. The first-order chi connectivity index (χ1) is 8.13. The Kier molecular flexibility index (Phi) is 5.21. The zero-order valence-corrected chi connectivity index (χ0v) is 10.3. The summed E-state index contributed by atoms with van der Waals surface area (Å²) in [5, 5.41) is 22.6. The van der Waals surface area contributed by atoms with Crippen LogP contribution in [-0.4, -0.2) is 44.1 Å². The average Bonchev–Trinajstić information content (AvgIpc) is 2.37. The molecule has 0 spiro atoms. The van der Waals surface area contributed by atoms with E-state index in [-0.39, 0.29) is 0 Å². The lowest BCUT2D eigenvalue weighted by atomic mass is 10.0. The molecule has 0 bridgehead atoms. The number of methoxy groups -OCH3 is 2. The van der Waals surface area contributed by atoms with E-state index in [1.165, 1.54) is 7.11 Å². The van der Waals surface area contributed by atoms with Crippen LogP contribution in [0.1, 0.15) is 11.7 Å². The van der Waals surface area contributed by atoms with E-state index in [0.29, 0.717) is 23.6 Å². The Balaban J connectivity index is 3.00. The highest BCUT2D eigenvalue weighted by Gasteiger charge is 2.21. The van der Waals surface area contributed by atoms with Crippen LogP contribution in [0.3, 0.4) is 0 Å². The quantitative estimate of drug-likeness (QED) is 0.669. The van der Waals surface area contributed by atoms with Crippen LogP contribution in [0.4, 0.5) is 0 Å². The molecule has 3 N–H and O–H groups in total. The fourth-order valence-corrected chi connectivity index (χ4v) is 1.60. The Bertz CT molecular complexity index is 356. The summed E-state index contributed by atoms with van der Waals surface area (Å²) in [5.74, 6) is 1.13. The number of nitrogens with one attached hydrogen (secondary N) is 1. The molecule has 96 valence electrons. The zero-order valence-electron chi connectivity index (χ0n) is 10.3. The molecule has 0 heterocycles. The summed E-state index contributed by atoms with van der Waals surface area (Å²) in [5.41, 5.74) is 0.509. The molecule has 5 nitrogen and oxygen atoms in total. The molecule has 0 radical (unpaired) electrons. The van der Waals surface area contributed by atoms with Gasteiger partial charge in [0.05, 0.1) is 20.3 Å². The molecule has 0 aliphatic carbocycles. The molecule has 0 fully saturated rings. The van der Waals surface area contributed by atoms with Crippen molar-refractivity contribution in [3.63, 3.8) is 0 Å². The van der Waals surface area contributed by atoms with Gasteiger partial charge in [0.25, 0.3) is 0 Å². The average molecular weight is 241 g/mol. The molecular formula is C12H19NO4. The van der Waals surface area contributed by atoms with E-state index < -0.39 is 12.2 Å². The molecule has 1 aromatic rings. The maximum atomic E-state index is 10.0. The Morgan fingerprint density at radius 3 is 2.47 bits per heavy atom. The van der Waals surface area contributed by atoms with Crippen LogP contribution in [0.25, 0.3) is 0 Å². The van der Waals surface area contributed by atoms with Crippen molar-refractivity contribution < 1.29 is 19.7 Å². The standard InChI is InChI=1S/C12H19NO4/c1-13-7-10(14)12(15)9-6-8(16-2)4-5-11(9)17-3/h4-6,10,12-15H,7H2,1-3H3. The number of aliphatic hydroxyl groups excluding tert-OH is 2. The van der Waals surface area contributed by atoms with Gasteiger partial charge in [-0.05, 0) is 25.2 Å². The van der Waals surface area contributed by atoms with Gasteiger partial charge in [-0.15, -0.1) is 0 Å². The van der Waals surface area contributed by atoms with Crippen LogP contribution in [0.15, 0.2) is 18.2 Å². The molecule has 1 aromatic carbocycles. The third-order valence-electron chi connectivity index (χ3n) is 2.53. The largest absolute Gasteiger partial charge is 0.497 e. The van der Waals surface area contributed by atoms with Gasteiger partial charge in [-0.25, -0.2) is 0 Å². The molecule has 17 heavy (non-hydrogen) atoms. The number of likely N-dealkylation sites (N-methyl/N-ethyl adjacent to an activating group) is 1. The van der Waals surface area contributed by atoms with Crippen molar-refractivity contribution in [1.29, 1.82) is 0 Å². The van der Waals surface area contributed by atoms with Crippen LogP contribution in [0.2, 0.25) is 0 Å². The van der Waals surface area contributed by atoms with Crippen molar-refractivity contribution in [1.82, 2.24) is 5.32 Å². The van der Waals surface area contributed by atoms with E-state index in [4.69, 9.17) is 9.47 Å². The summed E-state index contributed by atoms with van der Waals surface area (Å²) in [6.07, 6.45) is -1.92. The van der Waals surface area contributed by atoms with E-state index in [9.17, 15) is 10.2 Å². The molecular weight excluding hydrogens is 222 g/mol. The molecule has 2 atom stereocenters. The van der Waals surface area contributed by atoms with Crippen LogP contribution in [0, 0.1) is 0 Å². The molecule has 0 aromatic heterocycles. The second-order valence-electron chi connectivity index (χ2n) is 3.68. The highest BCUT2D eigenvalue weighted by molar-refractivity contribution is 5.42. The fourth-order valence-electron chi connectivity index (χ4n) is 1.60. The van der Waals surface area contributed by atoms with Gasteiger partial charge in [-0.1, -0.05) is 0 Å². The van der Waals surface area contributed by atoms with Crippen molar-refractivity contribution in [3.8, 4) is 11.5 Å². The van der Waals surface area contributed by atoms with E-state index in [1.54, 1.807) is 32.4 Å². The number of hydrogen-bond acceptors (Lipinski definition) is 5. The van der Waals surface area contributed by atoms with E-state index in [2.05, 4.69) is 5.32 Å². The minimum Gasteiger partial charge on any atom is -0.497 e. The Hall–Kier alpha value is -1.30. The Morgan fingerprint density at radius 2 is 1.94 bits per heavy atom. The number of hydrogen-bond donors (Lipinski definition) is 3. The molecule has 0 aliphatic heterocycles. The first-order valence-electron chi connectivity index (χ1n) is 5.36. The Morgan fingerprint density at radius 1 is 1.24 bits per heavy atom. The van der Waals surface area contributed by atoms with E-state index in [0.717, 1.165) is 0 Å². The van der Waals surface area contributed by atoms with Gasteiger partial charge in [-0.3, -0.25) is 0 Å². The SMILES string of the molecule is CNCC(O)C(O)c1cc(OC)ccc1OC. The third-order valence-corrected chi connectivity index (χ3v) is 2.53. The first-order valence-corrected chi connectivity index (χ1v) is 5.36. The van der Waals surface area contributed by atoms with Crippen LogP contribution in [0.5, 0.6) is 11.5 Å². The predicted molar refractivity (Wildman–Crippen MR) is 64.4 cm³/mol. The summed E-state index contributed by atoms with van der Waals surface area (Å²) in [4.78, 5) is 0. The van der Waals surface area contributed by atoms with Crippen LogP contribution >= 0.6 is 0 Å². The smallest absolute Gasteiger partial charge is 0.125 e. The molecule has 0 amide bonds.